The molecular weight excluding hydrogens is 381 g/mol. The molecule has 8 heteroatoms. The lowest BCUT2D eigenvalue weighted by molar-refractivity contribution is 0.0940. The van der Waals surface area contributed by atoms with E-state index in [2.05, 4.69) is 20.8 Å². The zero-order valence-electron chi connectivity index (χ0n) is 15.8. The number of carbonyl (C=O) groups is 1. The number of carbonyl (C=O) groups excluding carboxylic acids is 1. The van der Waals surface area contributed by atoms with Crippen molar-refractivity contribution in [1.82, 2.24) is 20.8 Å². The van der Waals surface area contributed by atoms with E-state index in [0.717, 1.165) is 36.5 Å². The molecule has 5 nitrogen and oxygen atoms in total. The smallest absolute Gasteiger partial charge is 0.266 e. The summed E-state index contributed by atoms with van der Waals surface area (Å²) in [4.78, 5) is 13.0. The summed E-state index contributed by atoms with van der Waals surface area (Å²) in [5.41, 5.74) is 1.38. The van der Waals surface area contributed by atoms with Gasteiger partial charge in [-0.3, -0.25) is 9.89 Å². The molecule has 0 radical (unpaired) electrons. The van der Waals surface area contributed by atoms with E-state index in [9.17, 15) is 18.0 Å². The summed E-state index contributed by atoms with van der Waals surface area (Å²) >= 11 is 0. The molecule has 1 aromatic heterocycles. The monoisotopic (exact) mass is 402 g/mol. The summed E-state index contributed by atoms with van der Waals surface area (Å²) in [5.74, 6) is -1.10. The lowest BCUT2D eigenvalue weighted by Gasteiger charge is -2.18. The fourth-order valence-electron chi connectivity index (χ4n) is 3.86. The number of fused-ring (bicyclic) bond motifs is 1. The van der Waals surface area contributed by atoms with Gasteiger partial charge in [-0.05, 0) is 43.5 Å². The van der Waals surface area contributed by atoms with E-state index in [1.165, 1.54) is 12.1 Å². The summed E-state index contributed by atoms with van der Waals surface area (Å²) in [6.07, 6.45) is -0.279. The van der Waals surface area contributed by atoms with Gasteiger partial charge in [0.05, 0.1) is 28.9 Å². The maximum absolute atomic E-state index is 14.4. The van der Waals surface area contributed by atoms with Gasteiger partial charge in [0.2, 0.25) is 0 Å². The topological polar surface area (TPSA) is 69.8 Å². The zero-order chi connectivity index (χ0) is 20.5. The van der Waals surface area contributed by atoms with Crippen LogP contribution in [0.5, 0.6) is 0 Å². The second kappa shape index (κ2) is 7.87. The number of H-pyrrole nitrogens is 1. The Bertz CT molecular complexity index is 1040. The summed E-state index contributed by atoms with van der Waals surface area (Å²) in [6, 6.07) is 6.87. The second-order valence-corrected chi connectivity index (χ2v) is 7.34. The minimum absolute atomic E-state index is 0.0214. The molecule has 0 aliphatic carbocycles. The summed E-state index contributed by atoms with van der Waals surface area (Å²) in [6.45, 7) is 3.33. The highest BCUT2D eigenvalue weighted by Crippen LogP contribution is 2.30. The molecule has 152 valence electrons. The van der Waals surface area contributed by atoms with Crippen molar-refractivity contribution in [3.05, 3.63) is 64.6 Å². The Kier molecular flexibility index (Phi) is 5.27. The third-order valence-electron chi connectivity index (χ3n) is 5.46. The molecule has 2 heterocycles. The minimum atomic E-state index is -2.92. The molecule has 0 spiro atoms. The summed E-state index contributed by atoms with van der Waals surface area (Å²) in [7, 11) is 0. The molecule has 1 amide bonds. The first-order valence-electron chi connectivity index (χ1n) is 9.50. The van der Waals surface area contributed by atoms with E-state index >= 15 is 0 Å². The molecule has 3 N–H and O–H groups in total. The Morgan fingerprint density at radius 1 is 1.28 bits per heavy atom. The van der Waals surface area contributed by atoms with Crippen LogP contribution >= 0.6 is 0 Å². The molecule has 29 heavy (non-hydrogen) atoms. The molecular formula is C21H21F3N4O. The molecule has 2 aromatic carbocycles. The summed E-state index contributed by atoms with van der Waals surface area (Å²) in [5, 5.41) is 13.7. The van der Waals surface area contributed by atoms with Crippen LogP contribution in [-0.2, 0) is 0 Å². The molecule has 1 aliphatic rings. The molecule has 1 aliphatic heterocycles. The Balaban J connectivity index is 1.64. The standard InChI is InChI=1S/C21H21F3N4O/c1-11(15-3-2-4-16(18(15)22)20(23)24)27-21(29)17-8-13(12-5-6-25-9-12)7-14-10-26-28-19(14)17/h2-4,7-8,10-12,20,25H,5-6,9H2,1H3,(H,26,28)(H,27,29)/t11-,12?/m1/s1. The molecule has 1 fully saturated rings. The van der Waals surface area contributed by atoms with Gasteiger partial charge in [-0.1, -0.05) is 18.2 Å². The van der Waals surface area contributed by atoms with Crippen LogP contribution in [0.3, 0.4) is 0 Å². The van der Waals surface area contributed by atoms with Gasteiger partial charge in [0.15, 0.2) is 0 Å². The van der Waals surface area contributed by atoms with E-state index < -0.39 is 29.8 Å². The number of benzene rings is 2. The van der Waals surface area contributed by atoms with Crippen molar-refractivity contribution in [2.45, 2.75) is 31.7 Å². The number of aromatic amines is 1. The van der Waals surface area contributed by atoms with Gasteiger partial charge in [0, 0.05) is 17.5 Å². The number of rotatable bonds is 5. The van der Waals surface area contributed by atoms with Crippen LogP contribution < -0.4 is 10.6 Å². The third kappa shape index (κ3) is 3.72. The van der Waals surface area contributed by atoms with Crippen LogP contribution in [0.4, 0.5) is 13.2 Å². The van der Waals surface area contributed by atoms with Crippen LogP contribution in [0.25, 0.3) is 10.9 Å². The average Bonchev–Trinajstić information content (AvgIpc) is 3.38. The lowest BCUT2D eigenvalue weighted by atomic mass is 9.94. The fourth-order valence-corrected chi connectivity index (χ4v) is 3.86. The predicted molar refractivity (Wildman–Crippen MR) is 104 cm³/mol. The SMILES string of the molecule is C[C@@H](NC(=O)c1cc(C2CCNC2)cc2cn[nH]c12)c1cccc(C(F)F)c1F. The van der Waals surface area contributed by atoms with Gasteiger partial charge < -0.3 is 10.6 Å². The van der Waals surface area contributed by atoms with Crippen LogP contribution in [0.15, 0.2) is 36.5 Å². The highest BCUT2D eigenvalue weighted by molar-refractivity contribution is 6.06. The van der Waals surface area contributed by atoms with E-state index in [0.29, 0.717) is 17.0 Å². The number of nitrogens with one attached hydrogen (secondary N) is 3. The number of nitrogens with zero attached hydrogens (tertiary/aromatic N) is 1. The van der Waals surface area contributed by atoms with Crippen molar-refractivity contribution < 1.29 is 18.0 Å². The van der Waals surface area contributed by atoms with Gasteiger partial charge >= 0.3 is 0 Å². The van der Waals surface area contributed by atoms with Gasteiger partial charge in [-0.2, -0.15) is 5.10 Å². The molecule has 0 bridgehead atoms. The van der Waals surface area contributed by atoms with Gasteiger partial charge in [-0.25, -0.2) is 13.2 Å². The van der Waals surface area contributed by atoms with Crippen molar-refractivity contribution >= 4 is 16.8 Å². The maximum atomic E-state index is 14.4. The number of aromatic nitrogens is 2. The molecule has 3 aromatic rings. The molecule has 1 saturated heterocycles. The van der Waals surface area contributed by atoms with Crippen LogP contribution in [0.2, 0.25) is 0 Å². The third-order valence-corrected chi connectivity index (χ3v) is 5.46. The van der Waals surface area contributed by atoms with E-state index in [-0.39, 0.29) is 5.56 Å². The number of hydrogen-bond acceptors (Lipinski definition) is 3. The first-order valence-corrected chi connectivity index (χ1v) is 9.50. The highest BCUT2D eigenvalue weighted by atomic mass is 19.3. The lowest BCUT2D eigenvalue weighted by Crippen LogP contribution is -2.28. The van der Waals surface area contributed by atoms with Crippen molar-refractivity contribution in [2.24, 2.45) is 0 Å². The Morgan fingerprint density at radius 2 is 2.07 bits per heavy atom. The van der Waals surface area contributed by atoms with Crippen molar-refractivity contribution in [3.8, 4) is 0 Å². The molecule has 4 rings (SSSR count). The molecule has 1 unspecified atom stereocenters. The Labute approximate surface area is 165 Å². The number of hydrogen-bond donors (Lipinski definition) is 3. The van der Waals surface area contributed by atoms with E-state index in [1.54, 1.807) is 13.1 Å². The van der Waals surface area contributed by atoms with Crippen molar-refractivity contribution in [3.63, 3.8) is 0 Å². The van der Waals surface area contributed by atoms with Crippen molar-refractivity contribution in [1.29, 1.82) is 0 Å². The van der Waals surface area contributed by atoms with Gasteiger partial charge in [0.25, 0.3) is 12.3 Å². The van der Waals surface area contributed by atoms with E-state index in [1.807, 2.05) is 12.1 Å². The van der Waals surface area contributed by atoms with E-state index in [4.69, 9.17) is 0 Å². The highest BCUT2D eigenvalue weighted by Gasteiger charge is 2.24. The zero-order valence-corrected chi connectivity index (χ0v) is 15.8. The maximum Gasteiger partial charge on any atom is 0.266 e. The summed E-state index contributed by atoms with van der Waals surface area (Å²) < 4.78 is 40.4. The largest absolute Gasteiger partial charge is 0.345 e. The van der Waals surface area contributed by atoms with Gasteiger partial charge in [0.1, 0.15) is 5.82 Å². The second-order valence-electron chi connectivity index (χ2n) is 7.34. The van der Waals surface area contributed by atoms with Crippen LogP contribution in [0.1, 0.15) is 58.8 Å². The number of alkyl halides is 2. The molecule has 0 saturated carbocycles. The first-order chi connectivity index (χ1) is 14.0. The van der Waals surface area contributed by atoms with Crippen LogP contribution in [0, 0.1) is 5.82 Å². The quantitative estimate of drug-likeness (QED) is 0.599. The molecule has 2 atom stereocenters. The van der Waals surface area contributed by atoms with Crippen LogP contribution in [-0.4, -0.2) is 29.2 Å². The first kappa shape index (κ1) is 19.4. The fraction of sp³-hybridized carbons (Fsp3) is 0.333. The predicted octanol–water partition coefficient (Wildman–Crippen LogP) is 4.21. The van der Waals surface area contributed by atoms with Gasteiger partial charge in [-0.15, -0.1) is 0 Å². The Hall–Kier alpha value is -2.87. The Morgan fingerprint density at radius 3 is 2.79 bits per heavy atom. The number of halogens is 3. The number of amides is 1. The van der Waals surface area contributed by atoms with Crippen molar-refractivity contribution in [2.75, 3.05) is 13.1 Å². The minimum Gasteiger partial charge on any atom is -0.345 e. The normalized spacial score (nSPS) is 17.8. The average molecular weight is 402 g/mol.